The summed E-state index contributed by atoms with van der Waals surface area (Å²) >= 11 is 0. The molecule has 1 aromatic heterocycles. The fraction of sp³-hybridized carbons (Fsp3) is 0.500. The first-order chi connectivity index (χ1) is 9.46. The predicted molar refractivity (Wildman–Crippen MR) is 64.8 cm³/mol. The Bertz CT molecular complexity index is 472. The predicted octanol–water partition coefficient (Wildman–Crippen LogP) is -0.381. The number of carbonyl (C=O) groups is 2. The molecule has 10 nitrogen and oxygen atoms in total. The molecule has 0 saturated carbocycles. The first-order valence-electron chi connectivity index (χ1n) is 5.51. The Labute approximate surface area is 113 Å². The lowest BCUT2D eigenvalue weighted by Crippen LogP contribution is -2.31. The van der Waals surface area contributed by atoms with Crippen molar-refractivity contribution >= 4 is 17.9 Å². The van der Waals surface area contributed by atoms with E-state index in [-0.39, 0.29) is 30.8 Å². The van der Waals surface area contributed by atoms with Gasteiger partial charge in [0.25, 0.3) is 0 Å². The number of ether oxygens (including phenoxy) is 2. The maximum Gasteiger partial charge on any atom is 0.326 e. The third-order valence-electron chi connectivity index (χ3n) is 2.21. The summed E-state index contributed by atoms with van der Waals surface area (Å²) in [5.74, 6) is -2.39. The highest BCUT2D eigenvalue weighted by Gasteiger charge is 2.20. The van der Waals surface area contributed by atoms with Crippen LogP contribution in [0.1, 0.15) is 12.8 Å². The Kier molecular flexibility index (Phi) is 5.44. The fourth-order valence-corrected chi connectivity index (χ4v) is 1.27. The van der Waals surface area contributed by atoms with Crippen molar-refractivity contribution < 1.29 is 29.3 Å². The van der Waals surface area contributed by atoms with E-state index in [0.717, 1.165) is 0 Å². The van der Waals surface area contributed by atoms with E-state index in [4.69, 9.17) is 19.7 Å². The number of carboxylic acids is 2. The highest BCUT2D eigenvalue weighted by Crippen LogP contribution is 2.14. The van der Waals surface area contributed by atoms with Gasteiger partial charge in [-0.1, -0.05) is 0 Å². The molecule has 0 amide bonds. The lowest BCUT2D eigenvalue weighted by molar-refractivity contribution is -0.139. The van der Waals surface area contributed by atoms with Crippen LogP contribution in [0.25, 0.3) is 0 Å². The van der Waals surface area contributed by atoms with E-state index in [0.29, 0.717) is 0 Å². The van der Waals surface area contributed by atoms with Gasteiger partial charge in [0.15, 0.2) is 0 Å². The Morgan fingerprint density at radius 3 is 2.10 bits per heavy atom. The second-order valence-corrected chi connectivity index (χ2v) is 3.60. The van der Waals surface area contributed by atoms with Crippen molar-refractivity contribution in [3.63, 3.8) is 0 Å². The van der Waals surface area contributed by atoms with Gasteiger partial charge in [-0.25, -0.2) is 4.79 Å². The van der Waals surface area contributed by atoms with Gasteiger partial charge >= 0.3 is 24.0 Å². The Morgan fingerprint density at radius 1 is 1.15 bits per heavy atom. The molecule has 0 aliphatic heterocycles. The molecule has 10 heteroatoms. The van der Waals surface area contributed by atoms with Gasteiger partial charge < -0.3 is 25.0 Å². The summed E-state index contributed by atoms with van der Waals surface area (Å²) in [6, 6.07) is -1.26. The van der Waals surface area contributed by atoms with Crippen LogP contribution >= 0.6 is 0 Å². The van der Waals surface area contributed by atoms with E-state index in [1.165, 1.54) is 14.2 Å². The number of rotatable bonds is 8. The van der Waals surface area contributed by atoms with Gasteiger partial charge in [0, 0.05) is 6.42 Å². The highest BCUT2D eigenvalue weighted by molar-refractivity contribution is 5.77. The van der Waals surface area contributed by atoms with Crippen LogP contribution < -0.4 is 14.8 Å². The van der Waals surface area contributed by atoms with E-state index in [9.17, 15) is 9.59 Å². The molecule has 1 rings (SSSR count). The quantitative estimate of drug-likeness (QED) is 0.578. The van der Waals surface area contributed by atoms with Crippen LogP contribution in [0.15, 0.2) is 0 Å². The Hall–Kier alpha value is -2.65. The molecule has 20 heavy (non-hydrogen) atoms. The Morgan fingerprint density at radius 2 is 1.70 bits per heavy atom. The van der Waals surface area contributed by atoms with Gasteiger partial charge in [-0.15, -0.1) is 4.98 Å². The molecular formula is C10H14N4O6. The zero-order chi connectivity index (χ0) is 15.1. The van der Waals surface area contributed by atoms with Crippen LogP contribution in [0.3, 0.4) is 0 Å². The number of hydrogen-bond donors (Lipinski definition) is 3. The van der Waals surface area contributed by atoms with Crippen molar-refractivity contribution in [2.24, 2.45) is 0 Å². The summed E-state index contributed by atoms with van der Waals surface area (Å²) in [6.07, 6.45) is -0.426. The van der Waals surface area contributed by atoms with Crippen LogP contribution in [-0.2, 0) is 9.59 Å². The van der Waals surface area contributed by atoms with Crippen LogP contribution in [0.5, 0.6) is 12.0 Å². The van der Waals surface area contributed by atoms with Crippen molar-refractivity contribution in [3.8, 4) is 12.0 Å². The van der Waals surface area contributed by atoms with Crippen LogP contribution in [0.4, 0.5) is 5.95 Å². The van der Waals surface area contributed by atoms with Gasteiger partial charge in [0.2, 0.25) is 5.95 Å². The SMILES string of the molecule is COc1nc(N[C@H](CCC(=O)O)C(=O)O)nc(OC)n1. The summed E-state index contributed by atoms with van der Waals surface area (Å²) < 4.78 is 9.63. The molecule has 0 bridgehead atoms. The van der Waals surface area contributed by atoms with E-state index in [1.54, 1.807) is 0 Å². The minimum absolute atomic E-state index is 0.0540. The third kappa shape index (κ3) is 4.55. The second-order valence-electron chi connectivity index (χ2n) is 3.60. The minimum Gasteiger partial charge on any atom is -0.481 e. The first-order valence-corrected chi connectivity index (χ1v) is 5.51. The number of aliphatic carboxylic acids is 2. The number of nitrogens with one attached hydrogen (secondary N) is 1. The smallest absolute Gasteiger partial charge is 0.326 e. The molecule has 1 aromatic rings. The summed E-state index contributed by atoms with van der Waals surface area (Å²) in [4.78, 5) is 32.9. The monoisotopic (exact) mass is 286 g/mol. The summed E-state index contributed by atoms with van der Waals surface area (Å²) in [5, 5.41) is 20.1. The van der Waals surface area contributed by atoms with Crippen LogP contribution in [0.2, 0.25) is 0 Å². The lowest BCUT2D eigenvalue weighted by Gasteiger charge is -2.13. The van der Waals surface area contributed by atoms with Crippen LogP contribution in [0, 0.1) is 0 Å². The zero-order valence-electron chi connectivity index (χ0n) is 10.9. The maximum absolute atomic E-state index is 11.0. The molecule has 1 atom stereocenters. The van der Waals surface area contributed by atoms with E-state index in [1.807, 2.05) is 0 Å². The van der Waals surface area contributed by atoms with Crippen molar-refractivity contribution in [2.75, 3.05) is 19.5 Å². The molecule has 0 radical (unpaired) electrons. The lowest BCUT2D eigenvalue weighted by atomic mass is 10.1. The molecule has 0 aliphatic carbocycles. The molecular weight excluding hydrogens is 272 g/mol. The molecule has 0 fully saturated rings. The number of nitrogens with zero attached hydrogens (tertiary/aromatic N) is 3. The molecule has 0 aromatic carbocycles. The third-order valence-corrected chi connectivity index (χ3v) is 2.21. The topological polar surface area (TPSA) is 144 Å². The summed E-state index contributed by atoms with van der Waals surface area (Å²) in [5.41, 5.74) is 0. The average Bonchev–Trinajstić information content (AvgIpc) is 2.42. The number of aromatic nitrogens is 3. The van der Waals surface area contributed by atoms with Gasteiger partial charge in [-0.2, -0.15) is 9.97 Å². The number of methoxy groups -OCH3 is 2. The van der Waals surface area contributed by atoms with E-state index < -0.39 is 18.0 Å². The summed E-state index contributed by atoms with van der Waals surface area (Å²) in [7, 11) is 2.66. The van der Waals surface area contributed by atoms with Gasteiger partial charge in [-0.3, -0.25) is 4.79 Å². The van der Waals surface area contributed by atoms with E-state index >= 15 is 0 Å². The van der Waals surface area contributed by atoms with Gasteiger partial charge in [0.05, 0.1) is 14.2 Å². The normalized spacial score (nSPS) is 11.5. The number of anilines is 1. The molecule has 3 N–H and O–H groups in total. The largest absolute Gasteiger partial charge is 0.481 e. The van der Waals surface area contributed by atoms with Crippen molar-refractivity contribution in [1.29, 1.82) is 0 Å². The molecule has 0 aliphatic rings. The molecule has 110 valence electrons. The van der Waals surface area contributed by atoms with Gasteiger partial charge in [0.1, 0.15) is 6.04 Å². The van der Waals surface area contributed by atoms with Crippen molar-refractivity contribution in [1.82, 2.24) is 15.0 Å². The maximum atomic E-state index is 11.0. The van der Waals surface area contributed by atoms with Crippen molar-refractivity contribution in [2.45, 2.75) is 18.9 Å². The standard InChI is InChI=1S/C10H14N4O6/c1-19-9-12-8(13-10(14-9)20-2)11-5(7(17)18)3-4-6(15)16/h5H,3-4H2,1-2H3,(H,15,16)(H,17,18)(H,11,12,13,14)/t5-/m1/s1. The van der Waals surface area contributed by atoms with Crippen LogP contribution in [-0.4, -0.2) is 57.4 Å². The molecule has 0 spiro atoms. The fourth-order valence-electron chi connectivity index (χ4n) is 1.27. The Balaban J connectivity index is 2.86. The highest BCUT2D eigenvalue weighted by atomic mass is 16.5. The minimum atomic E-state index is -1.22. The first kappa shape index (κ1) is 15.4. The number of carboxylic acid groups (broad SMARTS) is 2. The average molecular weight is 286 g/mol. The van der Waals surface area contributed by atoms with Crippen molar-refractivity contribution in [3.05, 3.63) is 0 Å². The molecule has 0 saturated heterocycles. The second kappa shape index (κ2) is 7.07. The summed E-state index contributed by atoms with van der Waals surface area (Å²) in [6.45, 7) is 0. The number of hydrogen-bond acceptors (Lipinski definition) is 8. The van der Waals surface area contributed by atoms with Gasteiger partial charge in [-0.05, 0) is 6.42 Å². The molecule has 1 heterocycles. The molecule has 0 unspecified atom stereocenters. The van der Waals surface area contributed by atoms with E-state index in [2.05, 4.69) is 20.3 Å². The zero-order valence-corrected chi connectivity index (χ0v) is 10.9.